The summed E-state index contributed by atoms with van der Waals surface area (Å²) in [6, 6.07) is 14.1. The number of ether oxygens (including phenoxy) is 1. The molecule has 1 aliphatic rings. The number of hydrogen-bond acceptors (Lipinski definition) is 5. The van der Waals surface area contributed by atoms with Gasteiger partial charge in [-0.15, -0.1) is 0 Å². The Morgan fingerprint density at radius 1 is 1.10 bits per heavy atom. The minimum atomic E-state index is -3.93. The second kappa shape index (κ2) is 9.36. The molecule has 0 aliphatic carbocycles. The maximum atomic E-state index is 13.4. The van der Waals surface area contributed by atoms with Gasteiger partial charge in [0.05, 0.1) is 11.5 Å². The number of hydrogen-bond donors (Lipinski definition) is 0. The Bertz CT molecular complexity index is 987. The van der Waals surface area contributed by atoms with Crippen molar-refractivity contribution in [3.8, 4) is 0 Å². The van der Waals surface area contributed by atoms with Crippen LogP contribution in [0, 0.1) is 11.7 Å². The first kappa shape index (κ1) is 23.2. The summed E-state index contributed by atoms with van der Waals surface area (Å²) in [5.74, 6) is -0.718. The van der Waals surface area contributed by atoms with Crippen LogP contribution in [0.5, 0.6) is 0 Å². The summed E-state index contributed by atoms with van der Waals surface area (Å²) in [7, 11) is -3.93. The molecule has 2 unspecified atom stereocenters. The Hall–Kier alpha value is -2.45. The van der Waals surface area contributed by atoms with Crippen molar-refractivity contribution in [2.45, 2.75) is 43.6 Å². The smallest absolute Gasteiger partial charge is 0.410 e. The third-order valence-corrected chi connectivity index (χ3v) is 6.45. The lowest BCUT2D eigenvalue weighted by Gasteiger charge is -2.39. The van der Waals surface area contributed by atoms with E-state index in [4.69, 9.17) is 8.92 Å². The van der Waals surface area contributed by atoms with Gasteiger partial charge >= 0.3 is 6.09 Å². The maximum Gasteiger partial charge on any atom is 0.410 e. The van der Waals surface area contributed by atoms with Gasteiger partial charge in [0, 0.05) is 19.0 Å². The standard InChI is InChI=1S/C23H28FNO5S/c1-23(2,3)30-22(26)25-14-13-21(17-9-11-19(24)12-10-17)18(15-25)16-29-31(27,28)20-7-5-4-6-8-20/h4-12,18,21H,13-16H2,1-3H3. The molecule has 0 N–H and O–H groups in total. The van der Waals surface area contributed by atoms with E-state index >= 15 is 0 Å². The number of benzene rings is 2. The van der Waals surface area contributed by atoms with E-state index in [1.54, 1.807) is 56.0 Å². The number of nitrogens with zero attached hydrogens (tertiary/aromatic N) is 1. The van der Waals surface area contributed by atoms with Gasteiger partial charge < -0.3 is 9.64 Å². The van der Waals surface area contributed by atoms with Crippen LogP contribution < -0.4 is 0 Å². The molecule has 1 amide bonds. The Morgan fingerprint density at radius 2 is 1.74 bits per heavy atom. The average molecular weight is 450 g/mol. The van der Waals surface area contributed by atoms with Gasteiger partial charge in [0.25, 0.3) is 10.1 Å². The van der Waals surface area contributed by atoms with E-state index in [9.17, 15) is 17.6 Å². The van der Waals surface area contributed by atoms with Crippen molar-refractivity contribution >= 4 is 16.2 Å². The molecule has 0 spiro atoms. The maximum absolute atomic E-state index is 13.4. The SMILES string of the molecule is CC(C)(C)OC(=O)N1CCC(c2ccc(F)cc2)C(COS(=O)(=O)c2ccccc2)C1. The Kier molecular flexibility index (Phi) is 7.01. The Balaban J connectivity index is 1.78. The van der Waals surface area contributed by atoms with E-state index in [2.05, 4.69) is 0 Å². The molecule has 2 aromatic carbocycles. The van der Waals surface area contributed by atoms with E-state index in [0.29, 0.717) is 13.0 Å². The van der Waals surface area contributed by atoms with Gasteiger partial charge in [0.1, 0.15) is 11.4 Å². The van der Waals surface area contributed by atoms with Crippen LogP contribution in [0.25, 0.3) is 0 Å². The number of likely N-dealkylation sites (tertiary alicyclic amines) is 1. The highest BCUT2D eigenvalue weighted by atomic mass is 32.2. The molecule has 0 aromatic heterocycles. The monoisotopic (exact) mass is 449 g/mol. The quantitative estimate of drug-likeness (QED) is 0.625. The van der Waals surface area contributed by atoms with E-state index in [0.717, 1.165) is 5.56 Å². The van der Waals surface area contributed by atoms with Gasteiger partial charge in [-0.3, -0.25) is 4.18 Å². The Morgan fingerprint density at radius 3 is 2.35 bits per heavy atom. The third kappa shape index (κ3) is 6.27. The minimum absolute atomic E-state index is 0.0770. The molecule has 1 aliphatic heterocycles. The van der Waals surface area contributed by atoms with E-state index in [1.807, 2.05) is 0 Å². The zero-order valence-corrected chi connectivity index (χ0v) is 18.8. The molecule has 0 saturated carbocycles. The van der Waals surface area contributed by atoms with Gasteiger partial charge in [0.15, 0.2) is 0 Å². The lowest BCUT2D eigenvalue weighted by molar-refractivity contribution is 0.0114. The Labute approximate surface area is 183 Å². The van der Waals surface area contributed by atoms with Crippen molar-refractivity contribution in [3.63, 3.8) is 0 Å². The van der Waals surface area contributed by atoms with Crippen molar-refractivity contribution < 1.29 is 26.5 Å². The predicted octanol–water partition coefficient (Wildman–Crippen LogP) is 4.57. The van der Waals surface area contributed by atoms with Crippen molar-refractivity contribution in [1.82, 2.24) is 4.90 Å². The number of amides is 1. The van der Waals surface area contributed by atoms with Crippen molar-refractivity contribution in [1.29, 1.82) is 0 Å². The molecule has 1 fully saturated rings. The first-order chi connectivity index (χ1) is 14.5. The lowest BCUT2D eigenvalue weighted by atomic mass is 9.81. The topological polar surface area (TPSA) is 72.9 Å². The third-order valence-electron chi connectivity index (χ3n) is 5.15. The summed E-state index contributed by atoms with van der Waals surface area (Å²) >= 11 is 0. The van der Waals surface area contributed by atoms with Crippen LogP contribution >= 0.6 is 0 Å². The minimum Gasteiger partial charge on any atom is -0.444 e. The van der Waals surface area contributed by atoms with E-state index < -0.39 is 21.8 Å². The molecular formula is C23H28FNO5S. The molecule has 3 rings (SSSR count). The largest absolute Gasteiger partial charge is 0.444 e. The van der Waals surface area contributed by atoms with Crippen molar-refractivity contribution in [2.75, 3.05) is 19.7 Å². The summed E-state index contributed by atoms with van der Waals surface area (Å²) in [6.45, 7) is 6.02. The molecule has 1 saturated heterocycles. The fourth-order valence-corrected chi connectivity index (χ4v) is 4.65. The average Bonchev–Trinajstić information content (AvgIpc) is 2.72. The van der Waals surface area contributed by atoms with E-state index in [1.165, 1.54) is 24.3 Å². The first-order valence-corrected chi connectivity index (χ1v) is 11.6. The van der Waals surface area contributed by atoms with Crippen LogP contribution in [0.4, 0.5) is 9.18 Å². The summed E-state index contributed by atoms with van der Waals surface area (Å²) in [5.41, 5.74) is 0.254. The van der Waals surface area contributed by atoms with Gasteiger partial charge in [-0.1, -0.05) is 30.3 Å². The molecule has 2 aromatic rings. The first-order valence-electron chi connectivity index (χ1n) is 10.2. The number of rotatable bonds is 5. The van der Waals surface area contributed by atoms with Crippen LogP contribution in [-0.2, 0) is 19.0 Å². The molecule has 31 heavy (non-hydrogen) atoms. The van der Waals surface area contributed by atoms with Gasteiger partial charge in [-0.2, -0.15) is 8.42 Å². The molecule has 2 atom stereocenters. The van der Waals surface area contributed by atoms with Crippen molar-refractivity contribution in [3.05, 3.63) is 66.0 Å². The van der Waals surface area contributed by atoms with Gasteiger partial charge in [-0.05, 0) is 62.9 Å². The molecule has 1 heterocycles. The molecule has 0 radical (unpaired) electrons. The summed E-state index contributed by atoms with van der Waals surface area (Å²) in [6.07, 6.45) is 0.144. The highest BCUT2D eigenvalue weighted by Crippen LogP contribution is 2.34. The molecule has 8 heteroatoms. The van der Waals surface area contributed by atoms with Crippen LogP contribution in [0.15, 0.2) is 59.5 Å². The second-order valence-electron chi connectivity index (χ2n) is 8.68. The zero-order chi connectivity index (χ0) is 22.6. The number of carbonyl (C=O) groups is 1. The molecule has 0 bridgehead atoms. The summed E-state index contributed by atoms with van der Waals surface area (Å²) in [4.78, 5) is 14.2. The molecule has 6 nitrogen and oxygen atoms in total. The second-order valence-corrected chi connectivity index (χ2v) is 10.3. The summed E-state index contributed by atoms with van der Waals surface area (Å²) in [5, 5.41) is 0. The van der Waals surface area contributed by atoms with Gasteiger partial charge in [0.2, 0.25) is 0 Å². The lowest BCUT2D eigenvalue weighted by Crippen LogP contribution is -2.46. The highest BCUT2D eigenvalue weighted by Gasteiger charge is 2.35. The number of halogens is 1. The number of carbonyl (C=O) groups excluding carboxylic acids is 1. The zero-order valence-electron chi connectivity index (χ0n) is 18.0. The summed E-state index contributed by atoms with van der Waals surface area (Å²) < 4.78 is 49.4. The van der Waals surface area contributed by atoms with Crippen LogP contribution in [-0.4, -0.2) is 44.7 Å². The van der Waals surface area contributed by atoms with Crippen LogP contribution in [0.1, 0.15) is 38.7 Å². The highest BCUT2D eigenvalue weighted by molar-refractivity contribution is 7.86. The van der Waals surface area contributed by atoms with Crippen molar-refractivity contribution in [2.24, 2.45) is 5.92 Å². The fourth-order valence-electron chi connectivity index (χ4n) is 3.67. The molecule has 168 valence electrons. The fraction of sp³-hybridized carbons (Fsp3) is 0.435. The number of piperidine rings is 1. The predicted molar refractivity (Wildman–Crippen MR) is 115 cm³/mol. The van der Waals surface area contributed by atoms with E-state index in [-0.39, 0.29) is 35.7 Å². The molecular weight excluding hydrogens is 421 g/mol. The van der Waals surface area contributed by atoms with Crippen LogP contribution in [0.3, 0.4) is 0 Å². The van der Waals surface area contributed by atoms with Crippen LogP contribution in [0.2, 0.25) is 0 Å². The normalized spacial score (nSPS) is 19.8. The van der Waals surface area contributed by atoms with Gasteiger partial charge in [-0.25, -0.2) is 9.18 Å².